The van der Waals surface area contributed by atoms with Gasteiger partial charge in [-0.25, -0.2) is 9.97 Å². The van der Waals surface area contributed by atoms with Crippen molar-refractivity contribution in [1.29, 1.82) is 0 Å². The van der Waals surface area contributed by atoms with Crippen molar-refractivity contribution in [2.45, 2.75) is 0 Å². The van der Waals surface area contributed by atoms with Crippen molar-refractivity contribution >= 4 is 21.8 Å². The van der Waals surface area contributed by atoms with Crippen molar-refractivity contribution in [3.63, 3.8) is 0 Å². The Morgan fingerprint density at radius 1 is 0.380 bits per heavy atom. The van der Waals surface area contributed by atoms with Crippen LogP contribution in [0.1, 0.15) is 0 Å². The largest absolute Gasteiger partial charge is 0.453 e. The summed E-state index contributed by atoms with van der Waals surface area (Å²) in [4.78, 5) is 10.1. The number of para-hydroxylation sites is 3. The van der Waals surface area contributed by atoms with Gasteiger partial charge in [-0.1, -0.05) is 127 Å². The van der Waals surface area contributed by atoms with Gasteiger partial charge in [-0.05, 0) is 70.8 Å². The highest BCUT2D eigenvalue weighted by molar-refractivity contribution is 6.13. The molecule has 0 fully saturated rings. The third kappa shape index (κ3) is 4.69. The molecule has 1 aliphatic rings. The second kappa shape index (κ2) is 11.4. The summed E-state index contributed by atoms with van der Waals surface area (Å²) < 4.78 is 8.66. The lowest BCUT2D eigenvalue weighted by Crippen LogP contribution is -2.03. The van der Waals surface area contributed by atoms with Crippen LogP contribution in [0.3, 0.4) is 0 Å². The van der Waals surface area contributed by atoms with Crippen LogP contribution in [-0.4, -0.2) is 14.5 Å². The number of benzene rings is 7. The Morgan fingerprint density at radius 2 is 0.920 bits per heavy atom. The lowest BCUT2D eigenvalue weighted by molar-refractivity contribution is 0.476. The summed E-state index contributed by atoms with van der Waals surface area (Å²) >= 11 is 0. The first-order valence-electron chi connectivity index (χ1n) is 16.8. The van der Waals surface area contributed by atoms with E-state index in [-0.39, 0.29) is 0 Å². The van der Waals surface area contributed by atoms with Crippen LogP contribution in [0, 0.1) is 0 Å². The fourth-order valence-electron chi connectivity index (χ4n) is 7.20. The predicted octanol–water partition coefficient (Wildman–Crippen LogP) is 12.0. The van der Waals surface area contributed by atoms with Gasteiger partial charge in [0, 0.05) is 27.5 Å². The van der Waals surface area contributed by atoms with Crippen LogP contribution in [0.5, 0.6) is 11.5 Å². The van der Waals surface area contributed by atoms with Gasteiger partial charge in [0.15, 0.2) is 17.3 Å². The molecule has 234 valence electrons. The molecule has 0 saturated heterocycles. The molecule has 0 N–H and O–H groups in total. The fraction of sp³-hybridized carbons (Fsp3) is 0. The van der Waals surface area contributed by atoms with E-state index < -0.39 is 0 Å². The Labute approximate surface area is 289 Å². The predicted molar refractivity (Wildman–Crippen MR) is 204 cm³/mol. The molecule has 0 spiro atoms. The quantitative estimate of drug-likeness (QED) is 0.188. The Morgan fingerprint density at radius 3 is 1.62 bits per heavy atom. The van der Waals surface area contributed by atoms with Gasteiger partial charge in [-0.2, -0.15) is 0 Å². The van der Waals surface area contributed by atoms with Crippen molar-refractivity contribution in [1.82, 2.24) is 14.5 Å². The topological polar surface area (TPSA) is 39.9 Å². The minimum absolute atomic E-state index is 0.701. The van der Waals surface area contributed by atoms with E-state index in [9.17, 15) is 0 Å². The maximum absolute atomic E-state index is 6.33. The first-order chi connectivity index (χ1) is 24.8. The van der Waals surface area contributed by atoms with Gasteiger partial charge in [-0.3, -0.25) is 0 Å². The maximum Gasteiger partial charge on any atom is 0.160 e. The molecular formula is C46H29N3O. The summed E-state index contributed by atoms with van der Waals surface area (Å²) in [6.45, 7) is 0. The molecular weight excluding hydrogens is 611 g/mol. The Bertz CT molecular complexity index is 2670. The van der Waals surface area contributed by atoms with Gasteiger partial charge in [0.1, 0.15) is 0 Å². The average molecular weight is 640 g/mol. The van der Waals surface area contributed by atoms with E-state index in [1.165, 1.54) is 21.9 Å². The molecule has 0 aliphatic carbocycles. The molecule has 0 amide bonds. The Hall–Kier alpha value is -6.78. The monoisotopic (exact) mass is 639 g/mol. The molecule has 4 heteroatoms. The van der Waals surface area contributed by atoms with Crippen LogP contribution in [0.25, 0.3) is 83.6 Å². The minimum atomic E-state index is 0.701. The lowest BCUT2D eigenvalue weighted by Gasteiger charge is -2.20. The lowest BCUT2D eigenvalue weighted by atomic mass is 9.97. The van der Waals surface area contributed by atoms with Crippen LogP contribution in [0.15, 0.2) is 176 Å². The fourth-order valence-corrected chi connectivity index (χ4v) is 7.20. The van der Waals surface area contributed by atoms with E-state index in [2.05, 4.69) is 132 Å². The van der Waals surface area contributed by atoms with E-state index in [0.717, 1.165) is 67.5 Å². The first-order valence-corrected chi connectivity index (χ1v) is 16.8. The number of hydrogen-bond acceptors (Lipinski definition) is 3. The van der Waals surface area contributed by atoms with E-state index in [4.69, 9.17) is 14.7 Å². The van der Waals surface area contributed by atoms with Crippen molar-refractivity contribution in [2.24, 2.45) is 0 Å². The second-order valence-electron chi connectivity index (χ2n) is 12.6. The smallest absolute Gasteiger partial charge is 0.160 e. The number of rotatable bonds is 5. The van der Waals surface area contributed by atoms with Crippen LogP contribution in [-0.2, 0) is 0 Å². The summed E-state index contributed by atoms with van der Waals surface area (Å²) in [5, 5.41) is 2.39. The molecule has 10 rings (SSSR count). The molecule has 1 aliphatic heterocycles. The van der Waals surface area contributed by atoms with Gasteiger partial charge in [0.25, 0.3) is 0 Å². The zero-order chi connectivity index (χ0) is 33.0. The number of fused-ring (bicyclic) bond motifs is 5. The van der Waals surface area contributed by atoms with E-state index >= 15 is 0 Å². The maximum atomic E-state index is 6.33. The van der Waals surface area contributed by atoms with Crippen LogP contribution in [0.4, 0.5) is 0 Å². The second-order valence-corrected chi connectivity index (χ2v) is 12.6. The first kappa shape index (κ1) is 28.3. The molecule has 0 radical (unpaired) electrons. The third-order valence-corrected chi connectivity index (χ3v) is 9.59. The minimum Gasteiger partial charge on any atom is -0.453 e. The van der Waals surface area contributed by atoms with Crippen molar-refractivity contribution in [3.8, 4) is 73.3 Å². The summed E-state index contributed by atoms with van der Waals surface area (Å²) in [7, 11) is 0. The molecule has 2 aromatic heterocycles. The van der Waals surface area contributed by atoms with Gasteiger partial charge in [0.05, 0.1) is 28.1 Å². The zero-order valence-corrected chi connectivity index (χ0v) is 27.0. The van der Waals surface area contributed by atoms with Crippen molar-refractivity contribution in [3.05, 3.63) is 176 Å². The third-order valence-electron chi connectivity index (χ3n) is 9.59. The number of nitrogens with zero attached hydrogens (tertiary/aromatic N) is 3. The molecule has 0 unspecified atom stereocenters. The van der Waals surface area contributed by atoms with Gasteiger partial charge < -0.3 is 9.30 Å². The summed E-state index contributed by atoms with van der Waals surface area (Å²) in [6, 6.07) is 61.4. The average Bonchev–Trinajstić information content (AvgIpc) is 3.54. The van der Waals surface area contributed by atoms with Gasteiger partial charge >= 0.3 is 0 Å². The molecule has 0 atom stereocenters. The summed E-state index contributed by atoms with van der Waals surface area (Å²) in [5.41, 5.74) is 12.8. The van der Waals surface area contributed by atoms with Crippen LogP contribution >= 0.6 is 0 Å². The molecule has 0 saturated carbocycles. The summed E-state index contributed by atoms with van der Waals surface area (Å²) in [5.74, 6) is 2.46. The highest BCUT2D eigenvalue weighted by atomic mass is 16.5. The SMILES string of the molecule is c1ccc(-c2cc(-c3ccccc3)nc(-c3cccc(-c4cccc(-c5ccc6c(c5)c5cccc7c5n6-c5ccccc5O7)c4)c3)n2)cc1. The molecule has 50 heavy (non-hydrogen) atoms. The van der Waals surface area contributed by atoms with E-state index in [1.807, 2.05) is 48.5 Å². The number of ether oxygens (including phenoxy) is 1. The van der Waals surface area contributed by atoms with Gasteiger partial charge in [0.2, 0.25) is 0 Å². The van der Waals surface area contributed by atoms with Gasteiger partial charge in [-0.15, -0.1) is 0 Å². The molecule has 0 bridgehead atoms. The number of aromatic nitrogens is 3. The highest BCUT2D eigenvalue weighted by Gasteiger charge is 2.23. The Kier molecular flexibility index (Phi) is 6.46. The Balaban J connectivity index is 1.06. The molecule has 3 heterocycles. The zero-order valence-electron chi connectivity index (χ0n) is 27.0. The van der Waals surface area contributed by atoms with Crippen molar-refractivity contribution < 1.29 is 4.74 Å². The molecule has 4 nitrogen and oxygen atoms in total. The summed E-state index contributed by atoms with van der Waals surface area (Å²) in [6.07, 6.45) is 0. The number of hydrogen-bond donors (Lipinski definition) is 0. The standard InChI is InChI=1S/C46H29N3O/c1-3-12-30(13-4-1)39-29-40(31-14-5-2-6-15-31)48-46(47-39)36-19-10-18-34(27-36)32-16-9-17-33(26-32)35-24-25-41-38(28-35)37-20-11-23-44-45(37)49(41)42-21-7-8-22-43(42)50-44/h1-29H. The van der Waals surface area contributed by atoms with Crippen molar-refractivity contribution in [2.75, 3.05) is 0 Å². The highest BCUT2D eigenvalue weighted by Crippen LogP contribution is 2.46. The molecule has 9 aromatic rings. The van der Waals surface area contributed by atoms with E-state index in [1.54, 1.807) is 0 Å². The van der Waals surface area contributed by atoms with Crippen LogP contribution in [0.2, 0.25) is 0 Å². The molecule has 7 aromatic carbocycles. The normalized spacial score (nSPS) is 11.8. The van der Waals surface area contributed by atoms with E-state index in [0.29, 0.717) is 5.82 Å². The van der Waals surface area contributed by atoms with Crippen LogP contribution < -0.4 is 4.74 Å².